The van der Waals surface area contributed by atoms with Crippen LogP contribution in [0, 0.1) is 61.8 Å². The lowest BCUT2D eigenvalue weighted by Crippen LogP contribution is -2.24. The zero-order valence-electron chi connectivity index (χ0n) is 85.1. The molecule has 18 aromatic rings. The van der Waals surface area contributed by atoms with Gasteiger partial charge in [0, 0.05) is 110 Å². The van der Waals surface area contributed by atoms with Gasteiger partial charge in [0.25, 0.3) is 11.4 Å². The zero-order valence-corrected chi connectivity index (χ0v) is 86.7. The summed E-state index contributed by atoms with van der Waals surface area (Å²) in [6, 6.07) is 57.0. The number of fused-ring (bicyclic) bond motifs is 8. The molecule has 0 spiro atoms. The molecule has 0 saturated carbocycles. The molecule has 0 unspecified atom stereocenters. The number of methoxy groups -OCH3 is 5. The van der Waals surface area contributed by atoms with Gasteiger partial charge in [-0.1, -0.05) is 140 Å². The molecule has 148 heavy (non-hydrogen) atoms. The smallest absolute Gasteiger partial charge is 0.338 e. The Morgan fingerprint density at radius 2 is 0.689 bits per heavy atom. The van der Waals surface area contributed by atoms with Crippen LogP contribution in [0.2, 0.25) is 0 Å². The second-order valence-electron chi connectivity index (χ2n) is 34.4. The molecule has 36 nitrogen and oxygen atoms in total. The minimum Gasteiger partial charge on any atom is -0.465 e. The summed E-state index contributed by atoms with van der Waals surface area (Å²) in [5, 5.41) is 25.6. The summed E-state index contributed by atoms with van der Waals surface area (Å²) < 4.78 is 45.5. The number of para-hydroxylation sites is 10. The quantitative estimate of drug-likeness (QED) is 0.0142. The number of hydrogen-bond acceptors (Lipinski definition) is 21. The lowest BCUT2D eigenvalue weighted by Gasteiger charge is -2.13. The van der Waals surface area contributed by atoms with E-state index in [1.807, 2.05) is 157 Å². The van der Waals surface area contributed by atoms with Crippen LogP contribution >= 0.6 is 15.9 Å². The molecular formula is C111H112BrN15O21. The Labute approximate surface area is 855 Å². The van der Waals surface area contributed by atoms with Crippen LogP contribution in [-0.4, -0.2) is 148 Å². The molecule has 8 aromatic heterocycles. The highest BCUT2D eigenvalue weighted by atomic mass is 79.9. The highest BCUT2D eigenvalue weighted by Gasteiger charge is 2.30. The Morgan fingerprint density at radius 1 is 0.372 bits per heavy atom. The summed E-state index contributed by atoms with van der Waals surface area (Å²) in [6.45, 7) is 40.9. The Morgan fingerprint density at radius 3 is 1.05 bits per heavy atom. The van der Waals surface area contributed by atoms with Crippen LogP contribution < -0.4 is 28.4 Å². The summed E-state index contributed by atoms with van der Waals surface area (Å²) in [6.07, 6.45) is 1.14. The maximum Gasteiger partial charge on any atom is 0.338 e. The minimum atomic E-state index is -0.703. The van der Waals surface area contributed by atoms with E-state index in [1.54, 1.807) is 90.6 Å². The second-order valence-corrected chi connectivity index (χ2v) is 35.0. The monoisotopic (exact) mass is 2070 g/mol. The Kier molecular flexibility index (Phi) is 34.2. The molecular weight excluding hydrogens is 1960 g/mol. The van der Waals surface area contributed by atoms with Crippen molar-refractivity contribution < 1.29 is 67.0 Å². The van der Waals surface area contributed by atoms with Gasteiger partial charge in [-0.25, -0.2) is 52.7 Å². The van der Waals surface area contributed by atoms with Crippen LogP contribution in [0.25, 0.3) is 111 Å². The average molecular weight is 2070 g/mol. The van der Waals surface area contributed by atoms with Gasteiger partial charge >= 0.3 is 64.3 Å². The van der Waals surface area contributed by atoms with Crippen LogP contribution in [-0.2, 0) is 78.8 Å². The third-order valence-corrected chi connectivity index (χ3v) is 26.2. The molecule has 0 aliphatic carbocycles. The van der Waals surface area contributed by atoms with Crippen molar-refractivity contribution in [3.8, 4) is 0 Å². The van der Waals surface area contributed by atoms with Crippen molar-refractivity contribution in [3.63, 3.8) is 0 Å². The van der Waals surface area contributed by atoms with E-state index in [4.69, 9.17) is 18.9 Å². The number of aryl methyl sites for hydroxylation is 6. The highest BCUT2D eigenvalue weighted by Crippen LogP contribution is 2.37. The van der Waals surface area contributed by atoms with Gasteiger partial charge in [-0.2, -0.15) is 0 Å². The number of nitro benzene ring substituents is 2. The Hall–Kier alpha value is -18.0. The Balaban J connectivity index is 0.000000158. The fraction of sp³-hybridized carbons (Fsp3) is 0.216. The molecule has 0 fully saturated rings. The number of hydrogen-bond donors (Lipinski definition) is 3. The molecule has 0 aliphatic heterocycles. The summed E-state index contributed by atoms with van der Waals surface area (Å²) in [7, 11) is 10.5. The van der Waals surface area contributed by atoms with Crippen LogP contribution in [0.1, 0.15) is 148 Å². The molecule has 764 valence electrons. The number of aromatic nitrogens is 13. The summed E-state index contributed by atoms with van der Waals surface area (Å²) >= 11 is 3.11. The number of alkyl halides is 1. The van der Waals surface area contributed by atoms with Gasteiger partial charge in [-0.15, -0.1) is 0 Å². The molecule has 10 aromatic carbocycles. The van der Waals surface area contributed by atoms with Crippen LogP contribution in [0.3, 0.4) is 0 Å². The minimum absolute atomic E-state index is 0.0470. The predicted molar refractivity (Wildman–Crippen MR) is 579 cm³/mol. The summed E-state index contributed by atoms with van der Waals surface area (Å²) in [4.78, 5) is 165. The first-order valence-corrected chi connectivity index (χ1v) is 47.3. The molecule has 3 N–H and O–H groups in total. The third-order valence-electron chi connectivity index (χ3n) is 25.6. The molecule has 37 heteroatoms. The van der Waals surface area contributed by atoms with Crippen molar-refractivity contribution in [1.29, 1.82) is 0 Å². The van der Waals surface area contributed by atoms with Crippen molar-refractivity contribution >= 4 is 174 Å². The summed E-state index contributed by atoms with van der Waals surface area (Å²) in [5.74, 6) is -2.89. The fourth-order valence-electron chi connectivity index (χ4n) is 18.0. The third kappa shape index (κ3) is 21.6. The number of allylic oxidation sites excluding steroid dienone is 4. The number of ether oxygens (including phenoxy) is 6. The number of carbonyl (C=O) groups excluding carboxylic acids is 6. The number of rotatable bonds is 22. The number of aromatic amines is 3. The fourth-order valence-corrected chi connectivity index (χ4v) is 18.6. The van der Waals surface area contributed by atoms with E-state index in [-0.39, 0.29) is 88.3 Å². The topological polar surface area (TPSA) is 426 Å². The number of carbonyl (C=O) groups is 6. The van der Waals surface area contributed by atoms with E-state index in [9.17, 15) is 73.0 Å². The molecule has 0 saturated heterocycles. The van der Waals surface area contributed by atoms with E-state index in [2.05, 4.69) is 110 Å². The predicted octanol–water partition coefficient (Wildman–Crippen LogP) is 19.6. The number of H-pyrrole nitrogens is 3. The van der Waals surface area contributed by atoms with E-state index in [0.717, 1.165) is 139 Å². The molecule has 0 bridgehead atoms. The zero-order chi connectivity index (χ0) is 108. The van der Waals surface area contributed by atoms with E-state index in [1.165, 1.54) is 81.1 Å². The van der Waals surface area contributed by atoms with Gasteiger partial charge < -0.3 is 52.5 Å². The van der Waals surface area contributed by atoms with Gasteiger partial charge in [0.2, 0.25) is 0 Å². The SMILES string of the molecule is C=C(C)n1c(=O)[nH]c2ccccc21.C=C(C)n1c(=O)n(Cc2c(C(=O)OC)ccc3c(C)c(C)[nH]c23)c2ccccc21.C=C(C)n1c(=O)n(Cc2c(C(=O)OC)ccc3c(C)c(C)n(C)c23)c2ccccc21.C=C(C)n1c(=O)n(Cc2c(C(=O)OC)cccc2[N+](=O)[O-])c2ccccc21.C=CC(=O)OCC.COC(=O)c1ccc2c(C)c(C)n(C)c2c1Cn1c(=O)[nH]c2ccccc21.COC(=O)c1cccc([N+](=O)[O-])c1CBr. The maximum atomic E-state index is 13.3. The standard InChI is InChI=1S/C24H25N3O3.C23H23N3O3.C21H21N3O3.C19H17N3O5.C10H10N2O.C9H8BrNO4.C5H8O2/c1-14(2)27-21-10-8-7-9-20(21)26(24(27)29)13-19-18(23(28)30-6)12-11-17-15(3)16(4)25(5)22(17)19;1-13(2)26-20-9-7-6-8-19(20)25(23(26)28)12-18-17(22(27)29-5)11-10-16-14(3)15(4)24-21(16)18;1-12-13(2)23(3)19-14(12)9-10-15(20(25)27-4)16(19)11-24-18-8-6-5-7-17(18)22-21(24)26;1-12(2)21-17-9-5-4-8-16(17)20(19(21)24)11-14-13(18(23)27-3)7-6-10-15(14)22(25)26;1-7(2)12-9-6-4-3-5-8(9)11-10(12)13;1-15-9(12)6-3-2-4-8(11(13)14)7(6)5-10;1-3-5(6)7-4-2/h7-12H,1,13H2,2-6H3;6-11,24H,1,12H2,2-5H3;5-10H,11H2,1-4H3,(H,22,26);4-10H,1,11H2,2-3H3;3-6H,1H2,2H3,(H,11,13);2-4H,5H2,1H3;3H,1,4H2,2H3. The molecule has 18 rings (SSSR count). The number of halogens is 1. The number of imidazole rings is 5. The van der Waals surface area contributed by atoms with Crippen LogP contribution in [0.4, 0.5) is 11.4 Å². The molecule has 0 amide bonds. The molecule has 0 atom stereocenters. The van der Waals surface area contributed by atoms with Gasteiger partial charge in [-0.3, -0.25) is 56.8 Å². The van der Waals surface area contributed by atoms with E-state index >= 15 is 0 Å². The largest absolute Gasteiger partial charge is 0.465 e. The number of esters is 6. The van der Waals surface area contributed by atoms with E-state index < -0.39 is 45.4 Å². The van der Waals surface area contributed by atoms with Gasteiger partial charge in [0.15, 0.2) is 0 Å². The first-order chi connectivity index (χ1) is 70.5. The highest BCUT2D eigenvalue weighted by molar-refractivity contribution is 9.08. The number of nitrogens with one attached hydrogen (secondary N) is 3. The van der Waals surface area contributed by atoms with Crippen molar-refractivity contribution in [1.82, 2.24) is 60.6 Å². The van der Waals surface area contributed by atoms with Crippen LogP contribution in [0.15, 0.2) is 257 Å². The van der Waals surface area contributed by atoms with Crippen molar-refractivity contribution in [3.05, 3.63) is 395 Å². The van der Waals surface area contributed by atoms with Crippen molar-refractivity contribution in [2.75, 3.05) is 42.2 Å². The Bertz CT molecular complexity index is 8760. The van der Waals surface area contributed by atoms with E-state index in [0.29, 0.717) is 57.0 Å². The molecule has 0 radical (unpaired) electrons. The van der Waals surface area contributed by atoms with Gasteiger partial charge in [0.1, 0.15) is 0 Å². The number of nitro groups is 2. The number of benzene rings is 10. The first kappa shape index (κ1) is 109. The lowest BCUT2D eigenvalue weighted by atomic mass is 10.0. The average Bonchev–Trinajstić information content (AvgIpc) is 1.59. The van der Waals surface area contributed by atoms with Crippen molar-refractivity contribution in [2.24, 2.45) is 14.1 Å². The number of nitrogens with zero attached hydrogens (tertiary/aromatic N) is 12. The van der Waals surface area contributed by atoms with Crippen molar-refractivity contribution in [2.45, 2.75) is 108 Å². The second kappa shape index (κ2) is 46.6. The summed E-state index contributed by atoms with van der Waals surface area (Å²) in [5.41, 5.74) is 22.6. The van der Waals surface area contributed by atoms with Gasteiger partial charge in [-0.05, 0) is 184 Å². The molecule has 8 heterocycles. The first-order valence-electron chi connectivity index (χ1n) is 46.2. The molecule has 0 aliphatic rings. The normalized spacial score (nSPS) is 10.8. The lowest BCUT2D eigenvalue weighted by molar-refractivity contribution is -0.385. The maximum absolute atomic E-state index is 13.3. The van der Waals surface area contributed by atoms with Crippen LogP contribution in [0.5, 0.6) is 0 Å². The van der Waals surface area contributed by atoms with Gasteiger partial charge in [0.05, 0.1) is 189 Å².